The Hall–Kier alpha value is -0.170. The third-order valence-corrected chi connectivity index (χ3v) is 4.67. The highest BCUT2D eigenvalue weighted by atomic mass is 32.2. The third kappa shape index (κ3) is 3.41. The maximum atomic E-state index is 11.8. The summed E-state index contributed by atoms with van der Waals surface area (Å²) < 4.78 is 29.8. The summed E-state index contributed by atoms with van der Waals surface area (Å²) in [5, 5.41) is 0. The molecule has 6 heteroatoms. The van der Waals surface area contributed by atoms with Crippen LogP contribution in [0.1, 0.15) is 13.3 Å². The number of nitrogens with two attached hydrogens (primary N) is 1. The van der Waals surface area contributed by atoms with E-state index in [-0.39, 0.29) is 18.4 Å². The normalized spacial score (nSPS) is 25.7. The molecule has 1 rings (SSSR count). The average Bonchev–Trinajstić information content (AvgIpc) is 2.64. The van der Waals surface area contributed by atoms with Crippen molar-refractivity contribution in [3.63, 3.8) is 0 Å². The second-order valence-electron chi connectivity index (χ2n) is 4.07. The van der Waals surface area contributed by atoms with Gasteiger partial charge in [0.25, 0.3) is 0 Å². The Bertz CT molecular complexity index is 290. The second kappa shape index (κ2) is 5.25. The maximum Gasteiger partial charge on any atom is 0.216 e. The number of ether oxygens (including phenoxy) is 1. The molecule has 0 saturated carbocycles. The fraction of sp³-hybridized carbons (Fsp3) is 1.00. The van der Waals surface area contributed by atoms with E-state index in [2.05, 4.69) is 0 Å². The smallest absolute Gasteiger partial charge is 0.216 e. The highest BCUT2D eigenvalue weighted by Crippen LogP contribution is 2.21. The Morgan fingerprint density at radius 1 is 1.60 bits per heavy atom. The first kappa shape index (κ1) is 12.9. The fourth-order valence-electron chi connectivity index (χ4n) is 1.75. The molecule has 0 bridgehead atoms. The topological polar surface area (TPSA) is 72.6 Å². The van der Waals surface area contributed by atoms with Crippen molar-refractivity contribution in [2.24, 2.45) is 11.7 Å². The Labute approximate surface area is 91.6 Å². The van der Waals surface area contributed by atoms with Crippen LogP contribution in [0.2, 0.25) is 0 Å². The van der Waals surface area contributed by atoms with Gasteiger partial charge in [-0.1, -0.05) is 0 Å². The van der Waals surface area contributed by atoms with Gasteiger partial charge in [-0.05, 0) is 19.3 Å². The minimum Gasteiger partial charge on any atom is -0.384 e. The SMILES string of the molecule is COCCS(=O)(=O)N1CCC(C(C)N)C1. The van der Waals surface area contributed by atoms with Gasteiger partial charge in [0.05, 0.1) is 12.4 Å². The molecule has 2 unspecified atom stereocenters. The lowest BCUT2D eigenvalue weighted by atomic mass is 10.0. The van der Waals surface area contributed by atoms with Crippen LogP contribution >= 0.6 is 0 Å². The number of hydrogen-bond acceptors (Lipinski definition) is 4. The monoisotopic (exact) mass is 236 g/mol. The summed E-state index contributed by atoms with van der Waals surface area (Å²) in [5.74, 6) is 0.358. The van der Waals surface area contributed by atoms with Gasteiger partial charge in [-0.25, -0.2) is 12.7 Å². The number of rotatable bonds is 5. The molecular formula is C9H20N2O3S. The Morgan fingerprint density at radius 3 is 2.73 bits per heavy atom. The molecule has 5 nitrogen and oxygen atoms in total. The van der Waals surface area contributed by atoms with Crippen LogP contribution in [0.5, 0.6) is 0 Å². The Morgan fingerprint density at radius 2 is 2.27 bits per heavy atom. The molecule has 1 aliphatic rings. The van der Waals surface area contributed by atoms with E-state index in [1.165, 1.54) is 11.4 Å². The van der Waals surface area contributed by atoms with Gasteiger partial charge in [0.15, 0.2) is 0 Å². The first-order valence-corrected chi connectivity index (χ1v) is 6.80. The molecule has 1 fully saturated rings. The zero-order valence-corrected chi connectivity index (χ0v) is 10.2. The molecule has 90 valence electrons. The van der Waals surface area contributed by atoms with E-state index in [0.29, 0.717) is 19.0 Å². The number of sulfonamides is 1. The van der Waals surface area contributed by atoms with E-state index < -0.39 is 10.0 Å². The molecule has 0 aromatic carbocycles. The summed E-state index contributed by atoms with van der Waals surface area (Å²) in [7, 11) is -1.63. The van der Waals surface area contributed by atoms with Crippen LogP contribution in [0.15, 0.2) is 0 Å². The molecule has 2 atom stereocenters. The first-order chi connectivity index (χ1) is 6.97. The summed E-state index contributed by atoms with van der Waals surface area (Å²) in [4.78, 5) is 0. The van der Waals surface area contributed by atoms with Crippen LogP contribution in [0, 0.1) is 5.92 Å². The van der Waals surface area contributed by atoms with Crippen molar-refractivity contribution < 1.29 is 13.2 Å². The fourth-order valence-corrected chi connectivity index (χ4v) is 3.19. The largest absolute Gasteiger partial charge is 0.384 e. The molecule has 0 radical (unpaired) electrons. The molecule has 0 amide bonds. The predicted molar refractivity (Wildman–Crippen MR) is 59.0 cm³/mol. The molecule has 2 N–H and O–H groups in total. The Kier molecular flexibility index (Phi) is 4.51. The van der Waals surface area contributed by atoms with Gasteiger partial charge < -0.3 is 10.5 Å². The van der Waals surface area contributed by atoms with Crippen LogP contribution in [0.4, 0.5) is 0 Å². The zero-order chi connectivity index (χ0) is 11.5. The number of hydrogen-bond donors (Lipinski definition) is 1. The van der Waals surface area contributed by atoms with E-state index in [1.807, 2.05) is 6.92 Å². The van der Waals surface area contributed by atoms with Gasteiger partial charge in [0.1, 0.15) is 0 Å². The lowest BCUT2D eigenvalue weighted by molar-refractivity contribution is 0.215. The lowest BCUT2D eigenvalue weighted by Crippen LogP contribution is -2.35. The quantitative estimate of drug-likeness (QED) is 0.707. The number of methoxy groups -OCH3 is 1. The zero-order valence-electron chi connectivity index (χ0n) is 9.35. The molecule has 0 aliphatic carbocycles. The molecule has 1 saturated heterocycles. The molecule has 15 heavy (non-hydrogen) atoms. The van der Waals surface area contributed by atoms with Gasteiger partial charge in [-0.15, -0.1) is 0 Å². The van der Waals surface area contributed by atoms with Gasteiger partial charge >= 0.3 is 0 Å². The van der Waals surface area contributed by atoms with Crippen LogP contribution in [0.3, 0.4) is 0 Å². The minimum absolute atomic E-state index is 0.0626. The maximum absolute atomic E-state index is 11.8. The van der Waals surface area contributed by atoms with Gasteiger partial charge in [-0.2, -0.15) is 0 Å². The predicted octanol–water partition coefficient (Wildman–Crippen LogP) is -0.368. The average molecular weight is 236 g/mol. The highest BCUT2D eigenvalue weighted by molar-refractivity contribution is 7.89. The van der Waals surface area contributed by atoms with E-state index in [9.17, 15) is 8.42 Å². The van der Waals surface area contributed by atoms with E-state index >= 15 is 0 Å². The number of nitrogens with zero attached hydrogens (tertiary/aromatic N) is 1. The molecular weight excluding hydrogens is 216 g/mol. The van der Waals surface area contributed by atoms with Crippen LogP contribution in [-0.2, 0) is 14.8 Å². The van der Waals surface area contributed by atoms with Crippen molar-refractivity contribution in [2.45, 2.75) is 19.4 Å². The molecule has 0 aromatic heterocycles. The van der Waals surface area contributed by atoms with Crippen molar-refractivity contribution in [3.8, 4) is 0 Å². The van der Waals surface area contributed by atoms with Crippen LogP contribution in [-0.4, -0.2) is 51.3 Å². The summed E-state index contributed by atoms with van der Waals surface area (Å²) in [5.41, 5.74) is 5.76. The van der Waals surface area contributed by atoms with Gasteiger partial charge in [-0.3, -0.25) is 0 Å². The summed E-state index contributed by atoms with van der Waals surface area (Å²) in [6.07, 6.45) is 0.865. The van der Waals surface area contributed by atoms with Gasteiger partial charge in [0.2, 0.25) is 10.0 Å². The molecule has 0 spiro atoms. The van der Waals surface area contributed by atoms with Gasteiger partial charge in [0, 0.05) is 26.2 Å². The summed E-state index contributed by atoms with van der Waals surface area (Å²) in [6.45, 7) is 3.33. The van der Waals surface area contributed by atoms with E-state index in [1.54, 1.807) is 0 Å². The summed E-state index contributed by atoms with van der Waals surface area (Å²) >= 11 is 0. The highest BCUT2D eigenvalue weighted by Gasteiger charge is 2.32. The minimum atomic E-state index is -3.14. The van der Waals surface area contributed by atoms with Crippen molar-refractivity contribution >= 4 is 10.0 Å². The van der Waals surface area contributed by atoms with Crippen molar-refractivity contribution in [3.05, 3.63) is 0 Å². The molecule has 1 aliphatic heterocycles. The van der Waals surface area contributed by atoms with Crippen LogP contribution < -0.4 is 5.73 Å². The van der Waals surface area contributed by atoms with Crippen molar-refractivity contribution in [1.29, 1.82) is 0 Å². The van der Waals surface area contributed by atoms with Crippen LogP contribution in [0.25, 0.3) is 0 Å². The van der Waals surface area contributed by atoms with E-state index in [0.717, 1.165) is 6.42 Å². The molecule has 0 aromatic rings. The summed E-state index contributed by atoms with van der Waals surface area (Å²) in [6, 6.07) is 0.0626. The first-order valence-electron chi connectivity index (χ1n) is 5.19. The van der Waals surface area contributed by atoms with E-state index in [4.69, 9.17) is 10.5 Å². The van der Waals surface area contributed by atoms with Crippen molar-refractivity contribution in [2.75, 3.05) is 32.6 Å². The lowest BCUT2D eigenvalue weighted by Gasteiger charge is -2.17. The molecule has 1 heterocycles. The third-order valence-electron chi connectivity index (χ3n) is 2.87. The van der Waals surface area contributed by atoms with Crippen molar-refractivity contribution in [1.82, 2.24) is 4.31 Å². The Balaban J connectivity index is 2.52. The standard InChI is InChI=1S/C9H20N2O3S/c1-8(10)9-3-4-11(7-9)15(12,13)6-5-14-2/h8-9H,3-7,10H2,1-2H3. The second-order valence-corrected chi connectivity index (χ2v) is 6.16.